The van der Waals surface area contributed by atoms with Crippen LogP contribution in [0.5, 0.6) is 0 Å². The van der Waals surface area contributed by atoms with E-state index in [9.17, 15) is 4.79 Å². The van der Waals surface area contributed by atoms with Crippen LogP contribution in [0.3, 0.4) is 0 Å². The maximum absolute atomic E-state index is 10.4. The number of hydrogen-bond donors (Lipinski definition) is 0. The Morgan fingerprint density at radius 1 is 1.57 bits per heavy atom. The van der Waals surface area contributed by atoms with Crippen LogP contribution in [0.15, 0.2) is 10.6 Å². The highest BCUT2D eigenvalue weighted by molar-refractivity contribution is 5.71. The summed E-state index contributed by atoms with van der Waals surface area (Å²) in [6.45, 7) is 0.833. The predicted octanol–water partition coefficient (Wildman–Crippen LogP) is 1.60. The van der Waals surface area contributed by atoms with Crippen molar-refractivity contribution in [2.75, 3.05) is 6.61 Å². The molecule has 1 fully saturated rings. The summed E-state index contributed by atoms with van der Waals surface area (Å²) >= 11 is 0. The molecule has 0 amide bonds. The van der Waals surface area contributed by atoms with Crippen LogP contribution in [0.25, 0.3) is 0 Å². The van der Waals surface area contributed by atoms with Crippen LogP contribution in [0.4, 0.5) is 0 Å². The van der Waals surface area contributed by atoms with Crippen molar-refractivity contribution in [3.05, 3.63) is 17.5 Å². The Kier molecular flexibility index (Phi) is 2.93. The van der Waals surface area contributed by atoms with E-state index in [0.717, 1.165) is 31.6 Å². The zero-order chi connectivity index (χ0) is 9.80. The zero-order valence-electron chi connectivity index (χ0n) is 7.94. The van der Waals surface area contributed by atoms with E-state index >= 15 is 0 Å². The summed E-state index contributed by atoms with van der Waals surface area (Å²) in [5, 5.41) is 3.60. The first-order valence-electron chi connectivity index (χ1n) is 4.91. The normalized spacial score (nSPS) is 22.1. The fourth-order valence-corrected chi connectivity index (χ4v) is 1.67. The van der Waals surface area contributed by atoms with E-state index in [2.05, 4.69) is 5.16 Å². The van der Waals surface area contributed by atoms with Crippen molar-refractivity contribution in [3.63, 3.8) is 0 Å². The van der Waals surface area contributed by atoms with Gasteiger partial charge in [0, 0.05) is 19.1 Å². The van der Waals surface area contributed by atoms with Gasteiger partial charge in [0.1, 0.15) is 11.5 Å². The SMILES string of the molecule is O=Cc1cc(CC2CCCCO2)on1. The Labute approximate surface area is 82.2 Å². The average molecular weight is 195 g/mol. The fourth-order valence-electron chi connectivity index (χ4n) is 1.67. The van der Waals surface area contributed by atoms with Gasteiger partial charge in [-0.1, -0.05) is 5.16 Å². The van der Waals surface area contributed by atoms with Crippen LogP contribution >= 0.6 is 0 Å². The van der Waals surface area contributed by atoms with Crippen molar-refractivity contribution in [3.8, 4) is 0 Å². The lowest BCUT2D eigenvalue weighted by Gasteiger charge is -2.21. The smallest absolute Gasteiger partial charge is 0.171 e. The molecule has 1 aromatic rings. The van der Waals surface area contributed by atoms with Crippen LogP contribution < -0.4 is 0 Å². The molecule has 4 heteroatoms. The van der Waals surface area contributed by atoms with Crippen molar-refractivity contribution < 1.29 is 14.1 Å². The first-order valence-corrected chi connectivity index (χ1v) is 4.91. The van der Waals surface area contributed by atoms with Crippen molar-refractivity contribution in [2.24, 2.45) is 0 Å². The molecule has 2 heterocycles. The number of rotatable bonds is 3. The topological polar surface area (TPSA) is 52.3 Å². The molecular formula is C10H13NO3. The molecule has 0 aromatic carbocycles. The summed E-state index contributed by atoms with van der Waals surface area (Å²) in [7, 11) is 0. The summed E-state index contributed by atoms with van der Waals surface area (Å²) in [5.41, 5.74) is 0.357. The lowest BCUT2D eigenvalue weighted by Crippen LogP contribution is -2.21. The molecule has 1 saturated heterocycles. The minimum Gasteiger partial charge on any atom is -0.378 e. The molecule has 14 heavy (non-hydrogen) atoms. The van der Waals surface area contributed by atoms with Crippen molar-refractivity contribution >= 4 is 6.29 Å². The number of aromatic nitrogens is 1. The Bertz CT molecular complexity index is 302. The molecule has 0 radical (unpaired) electrons. The van der Waals surface area contributed by atoms with Gasteiger partial charge in [0.2, 0.25) is 0 Å². The number of hydrogen-bond acceptors (Lipinski definition) is 4. The van der Waals surface area contributed by atoms with E-state index in [1.807, 2.05) is 0 Å². The molecule has 1 aliphatic heterocycles. The molecule has 1 unspecified atom stereocenters. The summed E-state index contributed by atoms with van der Waals surface area (Å²) in [6.07, 6.45) is 5.06. The van der Waals surface area contributed by atoms with Gasteiger partial charge in [0.25, 0.3) is 0 Å². The van der Waals surface area contributed by atoms with E-state index in [-0.39, 0.29) is 6.10 Å². The van der Waals surface area contributed by atoms with E-state index in [4.69, 9.17) is 9.26 Å². The molecule has 0 aliphatic carbocycles. The van der Waals surface area contributed by atoms with Gasteiger partial charge in [0.15, 0.2) is 6.29 Å². The number of aldehydes is 1. The first-order chi connectivity index (χ1) is 6.88. The minimum atomic E-state index is 0.233. The summed E-state index contributed by atoms with van der Waals surface area (Å²) in [5.74, 6) is 0.735. The second kappa shape index (κ2) is 4.37. The second-order valence-corrected chi connectivity index (χ2v) is 3.53. The van der Waals surface area contributed by atoms with Gasteiger partial charge in [0.05, 0.1) is 6.10 Å². The quantitative estimate of drug-likeness (QED) is 0.687. The van der Waals surface area contributed by atoms with Crippen molar-refractivity contribution in [2.45, 2.75) is 31.8 Å². The molecule has 4 nitrogen and oxygen atoms in total. The summed E-state index contributed by atoms with van der Waals surface area (Å²) in [4.78, 5) is 10.4. The molecular weight excluding hydrogens is 182 g/mol. The third kappa shape index (κ3) is 2.20. The molecule has 1 aromatic heterocycles. The van der Waals surface area contributed by atoms with Crippen molar-refractivity contribution in [1.29, 1.82) is 0 Å². The van der Waals surface area contributed by atoms with Crippen LogP contribution in [-0.4, -0.2) is 24.2 Å². The highest BCUT2D eigenvalue weighted by Crippen LogP contribution is 2.17. The lowest BCUT2D eigenvalue weighted by atomic mass is 10.1. The molecule has 76 valence electrons. The number of carbonyl (C=O) groups excluding carboxylic acids is 1. The number of ether oxygens (including phenoxy) is 1. The van der Waals surface area contributed by atoms with E-state index < -0.39 is 0 Å². The number of nitrogens with zero attached hydrogens (tertiary/aromatic N) is 1. The highest BCUT2D eigenvalue weighted by atomic mass is 16.5. The molecule has 1 aliphatic rings. The Morgan fingerprint density at radius 3 is 3.14 bits per heavy atom. The van der Waals surface area contributed by atoms with Crippen LogP contribution in [-0.2, 0) is 11.2 Å². The molecule has 1 atom stereocenters. The average Bonchev–Trinajstić information content (AvgIpc) is 2.67. The zero-order valence-corrected chi connectivity index (χ0v) is 7.94. The minimum absolute atomic E-state index is 0.233. The highest BCUT2D eigenvalue weighted by Gasteiger charge is 2.16. The van der Waals surface area contributed by atoms with Gasteiger partial charge in [-0.15, -0.1) is 0 Å². The maximum atomic E-state index is 10.4. The molecule has 0 saturated carbocycles. The predicted molar refractivity (Wildman–Crippen MR) is 49.2 cm³/mol. The van der Waals surface area contributed by atoms with Gasteiger partial charge in [-0.25, -0.2) is 0 Å². The van der Waals surface area contributed by atoms with Gasteiger partial charge < -0.3 is 9.26 Å². The van der Waals surface area contributed by atoms with Gasteiger partial charge >= 0.3 is 0 Å². The van der Waals surface area contributed by atoms with Gasteiger partial charge in [-0.05, 0) is 19.3 Å². The largest absolute Gasteiger partial charge is 0.378 e. The summed E-state index contributed by atoms with van der Waals surface area (Å²) < 4.78 is 10.5. The summed E-state index contributed by atoms with van der Waals surface area (Å²) in [6, 6.07) is 1.67. The Hall–Kier alpha value is -1.16. The van der Waals surface area contributed by atoms with Gasteiger partial charge in [-0.3, -0.25) is 4.79 Å². The second-order valence-electron chi connectivity index (χ2n) is 3.53. The Morgan fingerprint density at radius 2 is 2.50 bits per heavy atom. The Balaban J connectivity index is 1.92. The van der Waals surface area contributed by atoms with E-state index in [0.29, 0.717) is 12.0 Å². The van der Waals surface area contributed by atoms with Crippen LogP contribution in [0.1, 0.15) is 35.5 Å². The molecule has 0 N–H and O–H groups in total. The van der Waals surface area contributed by atoms with Crippen LogP contribution in [0, 0.1) is 0 Å². The maximum Gasteiger partial charge on any atom is 0.171 e. The first kappa shape index (κ1) is 9.40. The molecule has 0 bridgehead atoms. The van der Waals surface area contributed by atoms with Gasteiger partial charge in [-0.2, -0.15) is 0 Å². The monoisotopic (exact) mass is 195 g/mol. The molecule has 0 spiro atoms. The van der Waals surface area contributed by atoms with E-state index in [1.54, 1.807) is 6.07 Å². The number of carbonyl (C=O) groups is 1. The standard InChI is InChI=1S/C10H13NO3/c12-7-8-5-10(14-11-8)6-9-3-1-2-4-13-9/h5,7,9H,1-4,6H2. The van der Waals surface area contributed by atoms with Crippen LogP contribution in [0.2, 0.25) is 0 Å². The van der Waals surface area contributed by atoms with Crippen molar-refractivity contribution in [1.82, 2.24) is 5.16 Å². The molecule has 2 rings (SSSR count). The third-order valence-corrected chi connectivity index (χ3v) is 2.40. The lowest BCUT2D eigenvalue weighted by molar-refractivity contribution is 0.0132. The third-order valence-electron chi connectivity index (χ3n) is 2.40. The fraction of sp³-hybridized carbons (Fsp3) is 0.600. The van der Waals surface area contributed by atoms with E-state index in [1.165, 1.54) is 6.42 Å².